The first-order valence-electron chi connectivity index (χ1n) is 11.9. The van der Waals surface area contributed by atoms with Gasteiger partial charge in [0, 0.05) is 26.1 Å². The number of nitrogens with one attached hydrogen (secondary N) is 2. The number of amidine groups is 1. The summed E-state index contributed by atoms with van der Waals surface area (Å²) in [5, 5.41) is 11.1. The number of fused-ring (bicyclic) bond motifs is 1. The molecule has 8 nitrogen and oxygen atoms in total. The molecule has 190 valence electrons. The van der Waals surface area contributed by atoms with Gasteiger partial charge in [0.15, 0.2) is 0 Å². The highest BCUT2D eigenvalue weighted by atomic mass is 35.5. The molecule has 1 aromatic heterocycles. The number of carbonyl (C=O) groups excluding carboxylic acids is 3. The molecule has 37 heavy (non-hydrogen) atoms. The molecule has 3 aromatic rings. The number of halogens is 1. The minimum atomic E-state index is -0.421. The van der Waals surface area contributed by atoms with Crippen LogP contribution in [-0.4, -0.2) is 66.2 Å². The van der Waals surface area contributed by atoms with Crippen molar-refractivity contribution in [3.63, 3.8) is 0 Å². The monoisotopic (exact) mass is 536 g/mol. The molecule has 1 saturated heterocycles. The van der Waals surface area contributed by atoms with Crippen molar-refractivity contribution in [1.82, 2.24) is 9.80 Å². The van der Waals surface area contributed by atoms with E-state index in [1.165, 1.54) is 4.90 Å². The third-order valence-corrected chi connectivity index (χ3v) is 7.69. The van der Waals surface area contributed by atoms with Crippen molar-refractivity contribution >= 4 is 52.2 Å². The van der Waals surface area contributed by atoms with Crippen molar-refractivity contribution in [2.45, 2.75) is 12.8 Å². The maximum atomic E-state index is 13.2. The number of hydrogen-bond donors (Lipinski definition) is 2. The standard InChI is InChI=1S/C27H25ClN4O4S/c28-22-9-8-21(37-22)25(33)30-20-3-1-2-19-24(20)27(35)32(26(19)34)11-10-17-4-6-18(7-5-17)16-23(29)31-12-14-36-15-13-31/h1-9,29H,10-16H2,(H,30,33). The molecular formula is C27H25ClN4O4S. The molecule has 2 aromatic carbocycles. The van der Waals surface area contributed by atoms with Crippen LogP contribution in [0.25, 0.3) is 0 Å². The first kappa shape index (κ1) is 25.1. The molecule has 1 fully saturated rings. The fraction of sp³-hybridized carbons (Fsp3) is 0.259. The Morgan fingerprint density at radius 1 is 1.00 bits per heavy atom. The molecule has 3 heterocycles. The summed E-state index contributed by atoms with van der Waals surface area (Å²) in [6, 6.07) is 16.0. The second-order valence-corrected chi connectivity index (χ2v) is 10.6. The second-order valence-electron chi connectivity index (χ2n) is 8.84. The number of hydrogen-bond acceptors (Lipinski definition) is 6. The smallest absolute Gasteiger partial charge is 0.265 e. The summed E-state index contributed by atoms with van der Waals surface area (Å²) in [5.74, 6) is -0.598. The highest BCUT2D eigenvalue weighted by Crippen LogP contribution is 2.31. The van der Waals surface area contributed by atoms with Crippen LogP contribution in [0.3, 0.4) is 0 Å². The summed E-state index contributed by atoms with van der Waals surface area (Å²) in [6.07, 6.45) is 1.05. The van der Waals surface area contributed by atoms with Crippen LogP contribution in [0.5, 0.6) is 0 Å². The summed E-state index contributed by atoms with van der Waals surface area (Å²) >= 11 is 7.07. The van der Waals surface area contributed by atoms with Crippen molar-refractivity contribution in [1.29, 1.82) is 5.41 Å². The minimum absolute atomic E-state index is 0.209. The summed E-state index contributed by atoms with van der Waals surface area (Å²) < 4.78 is 5.84. The lowest BCUT2D eigenvalue weighted by atomic mass is 10.1. The van der Waals surface area contributed by atoms with E-state index < -0.39 is 5.91 Å². The lowest BCUT2D eigenvalue weighted by Crippen LogP contribution is -2.41. The van der Waals surface area contributed by atoms with Gasteiger partial charge in [0.05, 0.1) is 39.2 Å². The molecule has 0 saturated carbocycles. The number of imide groups is 1. The Hall–Kier alpha value is -3.53. The van der Waals surface area contributed by atoms with E-state index in [0.717, 1.165) is 35.6 Å². The molecule has 0 unspecified atom stereocenters. The van der Waals surface area contributed by atoms with E-state index in [2.05, 4.69) is 5.32 Å². The summed E-state index contributed by atoms with van der Waals surface area (Å²) in [5.41, 5.74) is 2.82. The van der Waals surface area contributed by atoms with E-state index >= 15 is 0 Å². The fourth-order valence-corrected chi connectivity index (χ4v) is 5.40. The van der Waals surface area contributed by atoms with Crippen molar-refractivity contribution in [2.75, 3.05) is 38.2 Å². The number of ether oxygens (including phenoxy) is 1. The molecular weight excluding hydrogens is 512 g/mol. The van der Waals surface area contributed by atoms with E-state index in [9.17, 15) is 14.4 Å². The summed E-state index contributed by atoms with van der Waals surface area (Å²) in [6.45, 7) is 3.01. The highest BCUT2D eigenvalue weighted by molar-refractivity contribution is 7.18. The van der Waals surface area contributed by atoms with Crippen LogP contribution in [0, 0.1) is 5.41 Å². The van der Waals surface area contributed by atoms with Gasteiger partial charge in [-0.1, -0.05) is 41.9 Å². The van der Waals surface area contributed by atoms with Crippen LogP contribution in [0.1, 0.15) is 41.5 Å². The largest absolute Gasteiger partial charge is 0.378 e. The van der Waals surface area contributed by atoms with E-state index in [0.29, 0.717) is 46.8 Å². The van der Waals surface area contributed by atoms with Crippen molar-refractivity contribution in [3.8, 4) is 0 Å². The van der Waals surface area contributed by atoms with Gasteiger partial charge in [-0.15, -0.1) is 11.3 Å². The van der Waals surface area contributed by atoms with Gasteiger partial charge in [-0.05, 0) is 41.8 Å². The predicted molar refractivity (Wildman–Crippen MR) is 143 cm³/mol. The maximum Gasteiger partial charge on any atom is 0.265 e. The zero-order valence-electron chi connectivity index (χ0n) is 20.0. The van der Waals surface area contributed by atoms with E-state index in [1.54, 1.807) is 30.3 Å². The number of anilines is 1. The zero-order chi connectivity index (χ0) is 25.9. The van der Waals surface area contributed by atoms with Crippen LogP contribution in [0.4, 0.5) is 5.69 Å². The van der Waals surface area contributed by atoms with Crippen LogP contribution in [0.15, 0.2) is 54.6 Å². The summed E-state index contributed by atoms with van der Waals surface area (Å²) in [4.78, 5) is 42.5. The number of benzene rings is 2. The number of amides is 3. The molecule has 0 spiro atoms. The Balaban J connectivity index is 1.22. The molecule has 2 N–H and O–H groups in total. The predicted octanol–water partition coefficient (Wildman–Crippen LogP) is 4.34. The van der Waals surface area contributed by atoms with Crippen LogP contribution in [-0.2, 0) is 17.6 Å². The van der Waals surface area contributed by atoms with Crippen molar-refractivity contribution in [3.05, 3.63) is 86.1 Å². The van der Waals surface area contributed by atoms with Gasteiger partial charge in [-0.25, -0.2) is 0 Å². The van der Waals surface area contributed by atoms with Gasteiger partial charge >= 0.3 is 0 Å². The summed E-state index contributed by atoms with van der Waals surface area (Å²) in [7, 11) is 0. The zero-order valence-corrected chi connectivity index (χ0v) is 21.5. The molecule has 2 aliphatic heterocycles. The Morgan fingerprint density at radius 3 is 2.43 bits per heavy atom. The van der Waals surface area contributed by atoms with Crippen LogP contribution in [0.2, 0.25) is 4.34 Å². The van der Waals surface area contributed by atoms with Crippen LogP contribution >= 0.6 is 22.9 Å². The molecule has 2 aliphatic rings. The lowest BCUT2D eigenvalue weighted by molar-refractivity contribution is 0.0656. The van der Waals surface area contributed by atoms with Crippen molar-refractivity contribution < 1.29 is 19.1 Å². The minimum Gasteiger partial charge on any atom is -0.378 e. The third-order valence-electron chi connectivity index (χ3n) is 6.46. The number of nitrogens with zero attached hydrogens (tertiary/aromatic N) is 2. The molecule has 10 heteroatoms. The fourth-order valence-electron chi connectivity index (χ4n) is 4.46. The van der Waals surface area contributed by atoms with Gasteiger partial charge in [0.25, 0.3) is 17.7 Å². The van der Waals surface area contributed by atoms with Gasteiger partial charge in [-0.2, -0.15) is 0 Å². The van der Waals surface area contributed by atoms with E-state index in [4.69, 9.17) is 21.7 Å². The molecule has 0 aliphatic carbocycles. The molecule has 5 rings (SSSR count). The average Bonchev–Trinajstić information content (AvgIpc) is 3.45. The van der Waals surface area contributed by atoms with Crippen molar-refractivity contribution in [2.24, 2.45) is 0 Å². The molecule has 0 radical (unpaired) electrons. The van der Waals surface area contributed by atoms with Gasteiger partial charge in [0.1, 0.15) is 5.84 Å². The van der Waals surface area contributed by atoms with Crippen LogP contribution < -0.4 is 5.32 Å². The maximum absolute atomic E-state index is 13.2. The van der Waals surface area contributed by atoms with Gasteiger partial charge < -0.3 is 15.0 Å². The molecule has 0 bridgehead atoms. The first-order valence-corrected chi connectivity index (χ1v) is 13.1. The first-order chi connectivity index (χ1) is 17.9. The Morgan fingerprint density at radius 2 is 1.73 bits per heavy atom. The molecule has 0 atom stereocenters. The third kappa shape index (κ3) is 5.44. The number of rotatable bonds is 7. The van der Waals surface area contributed by atoms with E-state index in [1.807, 2.05) is 29.2 Å². The number of thiophene rings is 1. The van der Waals surface area contributed by atoms with E-state index in [-0.39, 0.29) is 29.5 Å². The second kappa shape index (κ2) is 10.8. The lowest BCUT2D eigenvalue weighted by Gasteiger charge is -2.29. The Bertz CT molecular complexity index is 1360. The Labute approximate surface area is 223 Å². The highest BCUT2D eigenvalue weighted by Gasteiger charge is 2.37. The van der Waals surface area contributed by atoms with Gasteiger partial charge in [-0.3, -0.25) is 24.7 Å². The number of carbonyl (C=O) groups is 3. The SMILES string of the molecule is N=C(Cc1ccc(CCN2C(=O)c3cccc(NC(=O)c4ccc(Cl)s4)c3C2=O)cc1)N1CCOCC1. The van der Waals surface area contributed by atoms with Gasteiger partial charge in [0.2, 0.25) is 0 Å². The number of morpholine rings is 1. The topological polar surface area (TPSA) is 103 Å². The Kier molecular flexibility index (Phi) is 7.36. The molecule has 3 amide bonds. The quantitative estimate of drug-likeness (QED) is 0.265. The normalized spacial score (nSPS) is 15.2. The average molecular weight is 537 g/mol.